The number of sulfonamides is 1. The minimum atomic E-state index is -4.90. The number of halogens is 4. The van der Waals surface area contributed by atoms with Gasteiger partial charge in [-0.1, -0.05) is 48.0 Å². The van der Waals surface area contributed by atoms with Crippen molar-refractivity contribution < 1.29 is 31.4 Å². The summed E-state index contributed by atoms with van der Waals surface area (Å²) in [7, 11) is -2.68. The van der Waals surface area contributed by atoms with Crippen molar-refractivity contribution in [2.45, 2.75) is 29.6 Å². The molecule has 0 aliphatic heterocycles. The van der Waals surface area contributed by atoms with E-state index in [2.05, 4.69) is 14.7 Å². The van der Waals surface area contributed by atoms with E-state index < -0.39 is 27.8 Å². The van der Waals surface area contributed by atoms with Gasteiger partial charge in [-0.25, -0.2) is 13.4 Å². The number of thiophene rings is 1. The monoisotopic (exact) mass is 633 g/mol. The number of aromatic nitrogens is 2. The summed E-state index contributed by atoms with van der Waals surface area (Å²) in [5, 5.41) is 11.3. The Morgan fingerprint density at radius 1 is 1.02 bits per heavy atom. The van der Waals surface area contributed by atoms with Crippen LogP contribution in [-0.4, -0.2) is 36.8 Å². The molecule has 218 valence electrons. The van der Waals surface area contributed by atoms with E-state index in [0.29, 0.717) is 38.0 Å². The number of pyridine rings is 2. The second-order valence-corrected chi connectivity index (χ2v) is 12.7. The Bertz CT molecular complexity index is 1860. The molecule has 5 aromatic rings. The standard InChI is InChI=1S/C29H23ClF3N3O4S2/c1-28(37,29(31,32)33)18-12-13-34-23(15-18)21-8-5-6-17-14-24(41-27(17)21)26(20-7-3-4-9-22(20)30)36-42(38,39)19-10-11-25(40-2)35-16-19/h3-16,26,36-37H,1-2H3/t26?,28-/m1/s1. The maximum atomic E-state index is 13.5. The van der Waals surface area contributed by atoms with Gasteiger partial charge in [-0.2, -0.15) is 17.9 Å². The molecule has 0 fully saturated rings. The number of hydrogen-bond donors (Lipinski definition) is 2. The number of benzene rings is 2. The minimum Gasteiger partial charge on any atom is -0.481 e. The molecule has 42 heavy (non-hydrogen) atoms. The van der Waals surface area contributed by atoms with Crippen LogP contribution in [0.2, 0.25) is 5.02 Å². The lowest BCUT2D eigenvalue weighted by atomic mass is 9.94. The number of aliphatic hydroxyl groups is 1. The van der Waals surface area contributed by atoms with Crippen LogP contribution in [0.3, 0.4) is 0 Å². The third kappa shape index (κ3) is 5.72. The molecule has 0 saturated heterocycles. The van der Waals surface area contributed by atoms with Gasteiger partial charge in [-0.3, -0.25) is 4.98 Å². The van der Waals surface area contributed by atoms with Gasteiger partial charge >= 0.3 is 6.18 Å². The average Bonchev–Trinajstić information content (AvgIpc) is 3.40. The summed E-state index contributed by atoms with van der Waals surface area (Å²) in [6, 6.07) is 18.0. The van der Waals surface area contributed by atoms with Crippen LogP contribution in [0.15, 0.2) is 90.1 Å². The Hall–Kier alpha value is -3.55. The fourth-order valence-electron chi connectivity index (χ4n) is 4.32. The van der Waals surface area contributed by atoms with Crippen LogP contribution >= 0.6 is 22.9 Å². The van der Waals surface area contributed by atoms with E-state index in [4.69, 9.17) is 16.3 Å². The number of methoxy groups -OCH3 is 1. The fourth-order valence-corrected chi connectivity index (χ4v) is 7.04. The molecule has 13 heteroatoms. The van der Waals surface area contributed by atoms with Crippen molar-refractivity contribution in [2.75, 3.05) is 7.11 Å². The lowest BCUT2D eigenvalue weighted by molar-refractivity contribution is -0.258. The molecule has 7 nitrogen and oxygen atoms in total. The molecule has 0 aliphatic carbocycles. The lowest BCUT2D eigenvalue weighted by Crippen LogP contribution is -2.39. The van der Waals surface area contributed by atoms with Gasteiger partial charge in [0.1, 0.15) is 4.90 Å². The quantitative estimate of drug-likeness (QED) is 0.194. The van der Waals surface area contributed by atoms with Crippen molar-refractivity contribution in [3.05, 3.63) is 106 Å². The first kappa shape index (κ1) is 29.9. The SMILES string of the molecule is COc1ccc(S(=O)(=O)NC(c2cc3cccc(-c4cc([C@@](C)(O)C(F)(F)F)ccn4)c3s2)c2ccccc2Cl)cn1. The highest BCUT2D eigenvalue weighted by atomic mass is 35.5. The van der Waals surface area contributed by atoms with Gasteiger partial charge in [0, 0.05) is 32.4 Å². The van der Waals surface area contributed by atoms with E-state index in [-0.39, 0.29) is 22.0 Å². The molecule has 0 spiro atoms. The van der Waals surface area contributed by atoms with Gasteiger partial charge in [0.25, 0.3) is 0 Å². The largest absolute Gasteiger partial charge is 0.481 e. The molecule has 2 aromatic carbocycles. The van der Waals surface area contributed by atoms with Crippen LogP contribution < -0.4 is 9.46 Å². The summed E-state index contributed by atoms with van der Waals surface area (Å²) < 4.78 is 76.0. The van der Waals surface area contributed by atoms with Crippen LogP contribution in [0, 0.1) is 0 Å². The number of rotatable bonds is 8. The summed E-state index contributed by atoms with van der Waals surface area (Å²) in [6.45, 7) is 0.689. The van der Waals surface area contributed by atoms with Crippen LogP contribution in [0.1, 0.15) is 29.0 Å². The van der Waals surface area contributed by atoms with Crippen LogP contribution in [0.4, 0.5) is 13.2 Å². The van der Waals surface area contributed by atoms with Gasteiger partial charge in [0.05, 0.1) is 25.0 Å². The highest BCUT2D eigenvalue weighted by molar-refractivity contribution is 7.89. The predicted octanol–water partition coefficient (Wildman–Crippen LogP) is 6.86. The fraction of sp³-hybridized carbons (Fsp3) is 0.172. The van der Waals surface area contributed by atoms with Gasteiger partial charge in [-0.15, -0.1) is 11.3 Å². The van der Waals surface area contributed by atoms with Gasteiger partial charge in [0.2, 0.25) is 15.9 Å². The second kappa shape index (κ2) is 11.3. The number of nitrogens with zero attached hydrogens (tertiary/aromatic N) is 2. The van der Waals surface area contributed by atoms with E-state index in [1.165, 1.54) is 49.0 Å². The van der Waals surface area contributed by atoms with Gasteiger partial charge in [0.15, 0.2) is 5.60 Å². The third-order valence-corrected chi connectivity index (χ3v) is 9.72. The Balaban J connectivity index is 1.62. The van der Waals surface area contributed by atoms with Crippen molar-refractivity contribution in [1.82, 2.24) is 14.7 Å². The molecule has 3 aromatic heterocycles. The number of ether oxygens (including phenoxy) is 1. The maximum absolute atomic E-state index is 13.5. The second-order valence-electron chi connectivity index (χ2n) is 9.48. The van der Waals surface area contributed by atoms with Crippen LogP contribution in [0.5, 0.6) is 5.88 Å². The molecule has 0 aliphatic rings. The zero-order chi connectivity index (χ0) is 30.3. The van der Waals surface area contributed by atoms with E-state index >= 15 is 0 Å². The highest BCUT2D eigenvalue weighted by Gasteiger charge is 2.51. The molecule has 0 bridgehead atoms. The Morgan fingerprint density at radius 2 is 1.79 bits per heavy atom. The summed E-state index contributed by atoms with van der Waals surface area (Å²) >= 11 is 7.77. The Labute approximate surface area is 248 Å². The average molecular weight is 634 g/mol. The maximum Gasteiger partial charge on any atom is 0.421 e. The first-order valence-corrected chi connectivity index (χ1v) is 15.0. The molecular formula is C29H23ClF3N3O4S2. The predicted molar refractivity (Wildman–Crippen MR) is 155 cm³/mol. The molecule has 2 atom stereocenters. The topological polar surface area (TPSA) is 101 Å². The lowest BCUT2D eigenvalue weighted by Gasteiger charge is -2.26. The van der Waals surface area contributed by atoms with Crippen molar-refractivity contribution in [3.8, 4) is 17.1 Å². The molecule has 3 heterocycles. The summed E-state index contributed by atoms with van der Waals surface area (Å²) in [6.07, 6.45) is -2.50. The normalized spacial score (nSPS) is 14.5. The van der Waals surface area contributed by atoms with Crippen LogP contribution in [0.25, 0.3) is 21.3 Å². The number of fused-ring (bicyclic) bond motifs is 1. The van der Waals surface area contributed by atoms with E-state index in [1.54, 1.807) is 48.5 Å². The zero-order valence-corrected chi connectivity index (χ0v) is 24.4. The van der Waals surface area contributed by atoms with E-state index in [9.17, 15) is 26.7 Å². The molecule has 5 rings (SSSR count). The number of alkyl halides is 3. The highest BCUT2D eigenvalue weighted by Crippen LogP contribution is 2.42. The number of hydrogen-bond acceptors (Lipinski definition) is 7. The molecule has 1 unspecified atom stereocenters. The van der Waals surface area contributed by atoms with Crippen molar-refractivity contribution in [3.63, 3.8) is 0 Å². The first-order chi connectivity index (χ1) is 19.8. The molecule has 2 N–H and O–H groups in total. The van der Waals surface area contributed by atoms with E-state index in [1.807, 2.05) is 0 Å². The van der Waals surface area contributed by atoms with Gasteiger partial charge in [-0.05, 0) is 53.8 Å². The molecule has 0 amide bonds. The Morgan fingerprint density at radius 3 is 2.45 bits per heavy atom. The van der Waals surface area contributed by atoms with Crippen molar-refractivity contribution in [2.24, 2.45) is 0 Å². The first-order valence-electron chi connectivity index (χ1n) is 12.4. The van der Waals surface area contributed by atoms with Crippen LogP contribution in [-0.2, 0) is 15.6 Å². The van der Waals surface area contributed by atoms with Crippen molar-refractivity contribution in [1.29, 1.82) is 0 Å². The summed E-state index contributed by atoms with van der Waals surface area (Å²) in [5.74, 6) is 0.253. The Kier molecular flexibility index (Phi) is 8.03. The molecule has 0 radical (unpaired) electrons. The molecule has 0 saturated carbocycles. The van der Waals surface area contributed by atoms with Gasteiger partial charge < -0.3 is 9.84 Å². The smallest absolute Gasteiger partial charge is 0.421 e. The number of nitrogens with one attached hydrogen (secondary N) is 1. The van der Waals surface area contributed by atoms with E-state index in [0.717, 1.165) is 6.07 Å². The molecular weight excluding hydrogens is 611 g/mol. The third-order valence-electron chi connectivity index (χ3n) is 6.72. The van der Waals surface area contributed by atoms with Crippen molar-refractivity contribution >= 4 is 43.0 Å². The minimum absolute atomic E-state index is 0.0834. The zero-order valence-electron chi connectivity index (χ0n) is 22.1. The summed E-state index contributed by atoms with van der Waals surface area (Å²) in [4.78, 5) is 8.76. The summed E-state index contributed by atoms with van der Waals surface area (Å²) in [5.41, 5.74) is -2.20.